The van der Waals surface area contributed by atoms with E-state index in [4.69, 9.17) is 13.8 Å². The topological polar surface area (TPSA) is 61.8 Å². The van der Waals surface area contributed by atoms with Gasteiger partial charge in [0.05, 0.1) is 13.2 Å². The van der Waals surface area contributed by atoms with Crippen LogP contribution in [0.4, 0.5) is 0 Å². The molecule has 5 nitrogen and oxygen atoms in total. The van der Waals surface area contributed by atoms with Gasteiger partial charge in [-0.2, -0.15) is 0 Å². The Hall–Kier alpha value is -1.42. The zero-order valence-electron chi connectivity index (χ0n) is 12.2. The highest BCUT2D eigenvalue weighted by atomic mass is 31.2. The number of hydrogen-bond donors (Lipinski definition) is 0. The van der Waals surface area contributed by atoms with Gasteiger partial charge < -0.3 is 13.8 Å². The van der Waals surface area contributed by atoms with Crippen LogP contribution in [0.1, 0.15) is 25.3 Å². The number of esters is 1. The Morgan fingerprint density at radius 1 is 1.29 bits per heavy atom. The minimum absolute atomic E-state index is 0.187. The van der Waals surface area contributed by atoms with E-state index in [1.807, 2.05) is 12.1 Å². The van der Waals surface area contributed by atoms with E-state index in [1.54, 1.807) is 32.1 Å². The Labute approximate surface area is 124 Å². The summed E-state index contributed by atoms with van der Waals surface area (Å²) in [6, 6.07) is 7.13. The van der Waals surface area contributed by atoms with Gasteiger partial charge in [-0.1, -0.05) is 24.3 Å². The highest BCUT2D eigenvalue weighted by molar-refractivity contribution is 7.55. The van der Waals surface area contributed by atoms with Gasteiger partial charge in [0, 0.05) is 11.5 Å². The van der Waals surface area contributed by atoms with Crippen molar-refractivity contribution in [2.75, 3.05) is 13.2 Å². The molecule has 0 radical (unpaired) electrons. The number of hydrogen-bond acceptors (Lipinski definition) is 5. The molecule has 0 saturated heterocycles. The molecule has 1 aromatic rings. The molecule has 1 aliphatic rings. The van der Waals surface area contributed by atoms with Gasteiger partial charge in [-0.3, -0.25) is 9.36 Å². The molecule has 2 rings (SSSR count). The molecule has 0 saturated carbocycles. The molecule has 0 aromatic heterocycles. The number of fused-ring (bicyclic) bond motifs is 1. The summed E-state index contributed by atoms with van der Waals surface area (Å²) in [6.07, 6.45) is 1.59. The Kier molecular flexibility index (Phi) is 4.99. The highest BCUT2D eigenvalue weighted by Crippen LogP contribution is 2.59. The van der Waals surface area contributed by atoms with Crippen LogP contribution >= 0.6 is 7.60 Å². The first-order valence-electron chi connectivity index (χ1n) is 6.89. The van der Waals surface area contributed by atoms with Crippen molar-refractivity contribution in [3.05, 3.63) is 42.5 Å². The van der Waals surface area contributed by atoms with Crippen LogP contribution in [-0.2, 0) is 18.4 Å². The molecular weight excluding hydrogens is 291 g/mol. The van der Waals surface area contributed by atoms with Gasteiger partial charge >= 0.3 is 13.6 Å². The van der Waals surface area contributed by atoms with E-state index in [0.29, 0.717) is 5.75 Å². The summed E-state index contributed by atoms with van der Waals surface area (Å²) < 4.78 is 28.9. The lowest BCUT2D eigenvalue weighted by Gasteiger charge is -2.33. The number of rotatable bonds is 6. The molecule has 0 bridgehead atoms. The minimum Gasteiger partial charge on any atom is -0.426 e. The molecule has 1 aromatic carbocycles. The number of carbonyl (C=O) groups is 1. The first-order valence-corrected chi connectivity index (χ1v) is 8.50. The number of para-hydroxylation sites is 1. The van der Waals surface area contributed by atoms with Gasteiger partial charge in [0.1, 0.15) is 5.75 Å². The fraction of sp³-hybridized carbons (Fsp3) is 0.400. The number of carbonyl (C=O) groups excluding carboxylic acids is 1. The SMILES string of the molecule is C=C[C@H]1c2ccccc2OC(=O)[C@@H]1P(=O)(OCC)OCC. The smallest absolute Gasteiger partial charge is 0.345 e. The van der Waals surface area contributed by atoms with Gasteiger partial charge in [-0.25, -0.2) is 0 Å². The maximum absolute atomic E-state index is 13.0. The van der Waals surface area contributed by atoms with E-state index in [9.17, 15) is 9.36 Å². The van der Waals surface area contributed by atoms with E-state index in [0.717, 1.165) is 5.56 Å². The standard InChI is InChI=1S/C15H19O5P/c1-4-11-12-9-7-8-10-13(12)20-15(16)14(11)21(17,18-5-2)19-6-3/h4,7-11,14H,1,5-6H2,2-3H3/t11-,14+/m0/s1. The summed E-state index contributed by atoms with van der Waals surface area (Å²) in [7, 11) is -3.62. The summed E-state index contributed by atoms with van der Waals surface area (Å²) >= 11 is 0. The molecule has 1 heterocycles. The van der Waals surface area contributed by atoms with Gasteiger partial charge in [0.2, 0.25) is 0 Å². The second-order valence-electron chi connectivity index (χ2n) is 4.54. The Balaban J connectivity index is 2.49. The normalized spacial score (nSPS) is 21.5. The first kappa shape index (κ1) is 16.0. The van der Waals surface area contributed by atoms with Crippen molar-refractivity contribution in [2.45, 2.75) is 25.4 Å². The van der Waals surface area contributed by atoms with Crippen LogP contribution < -0.4 is 4.74 Å². The van der Waals surface area contributed by atoms with E-state index in [-0.39, 0.29) is 13.2 Å². The molecule has 0 aliphatic carbocycles. The van der Waals surface area contributed by atoms with Crippen LogP contribution in [0.5, 0.6) is 5.75 Å². The van der Waals surface area contributed by atoms with E-state index in [1.165, 1.54) is 0 Å². The van der Waals surface area contributed by atoms with E-state index < -0.39 is 25.1 Å². The van der Waals surface area contributed by atoms with E-state index in [2.05, 4.69) is 6.58 Å². The van der Waals surface area contributed by atoms with Gasteiger partial charge in [0.15, 0.2) is 5.66 Å². The Morgan fingerprint density at radius 3 is 2.48 bits per heavy atom. The Bertz CT molecular complexity index is 573. The van der Waals surface area contributed by atoms with Gasteiger partial charge in [0.25, 0.3) is 0 Å². The zero-order valence-corrected chi connectivity index (χ0v) is 13.0. The van der Waals surface area contributed by atoms with E-state index >= 15 is 0 Å². The fourth-order valence-electron chi connectivity index (χ4n) is 2.47. The molecule has 0 spiro atoms. The molecule has 0 unspecified atom stereocenters. The molecule has 0 N–H and O–H groups in total. The summed E-state index contributed by atoms with van der Waals surface area (Å²) in [5.74, 6) is -0.613. The van der Waals surface area contributed by atoms with Crippen LogP contribution in [0.25, 0.3) is 0 Å². The van der Waals surface area contributed by atoms with Crippen molar-refractivity contribution >= 4 is 13.6 Å². The third-order valence-corrected chi connectivity index (χ3v) is 5.73. The van der Waals surface area contributed by atoms with Gasteiger partial charge in [-0.05, 0) is 19.9 Å². The third kappa shape index (κ3) is 2.95. The third-order valence-electron chi connectivity index (χ3n) is 3.28. The molecule has 1 aliphatic heterocycles. The van der Waals surface area contributed by atoms with Gasteiger partial charge in [-0.15, -0.1) is 6.58 Å². The molecule has 21 heavy (non-hydrogen) atoms. The molecule has 6 heteroatoms. The summed E-state index contributed by atoms with van der Waals surface area (Å²) in [5, 5.41) is 0. The van der Waals surface area contributed by atoms with Crippen molar-refractivity contribution < 1.29 is 23.1 Å². The monoisotopic (exact) mass is 310 g/mol. The lowest BCUT2D eigenvalue weighted by molar-refractivity contribution is -0.135. The lowest BCUT2D eigenvalue weighted by atomic mass is 9.92. The maximum atomic E-state index is 13.0. The quantitative estimate of drug-likeness (QED) is 0.348. The number of allylic oxidation sites excluding steroid dienone is 1. The molecule has 114 valence electrons. The van der Waals surface area contributed by atoms with Crippen molar-refractivity contribution in [3.8, 4) is 5.75 Å². The summed E-state index contributed by atoms with van der Waals surface area (Å²) in [5.41, 5.74) is -0.262. The highest BCUT2D eigenvalue weighted by Gasteiger charge is 2.50. The predicted molar refractivity (Wildman–Crippen MR) is 79.7 cm³/mol. The van der Waals surface area contributed by atoms with Crippen LogP contribution in [0.2, 0.25) is 0 Å². The molecule has 2 atom stereocenters. The fourth-order valence-corrected chi connectivity index (χ4v) is 4.58. The summed E-state index contributed by atoms with van der Waals surface area (Å²) in [6.45, 7) is 7.55. The van der Waals surface area contributed by atoms with Crippen molar-refractivity contribution in [2.24, 2.45) is 0 Å². The lowest BCUT2D eigenvalue weighted by Crippen LogP contribution is -2.36. The molecule has 0 amide bonds. The van der Waals surface area contributed by atoms with Crippen LogP contribution in [0.3, 0.4) is 0 Å². The van der Waals surface area contributed by atoms with Crippen molar-refractivity contribution in [3.63, 3.8) is 0 Å². The molecule has 0 fully saturated rings. The second-order valence-corrected chi connectivity index (χ2v) is 6.69. The van der Waals surface area contributed by atoms with Crippen LogP contribution in [0, 0.1) is 0 Å². The maximum Gasteiger partial charge on any atom is 0.345 e. The summed E-state index contributed by atoms with van der Waals surface area (Å²) in [4.78, 5) is 12.3. The molecular formula is C15H19O5P. The average Bonchev–Trinajstić information content (AvgIpc) is 2.46. The largest absolute Gasteiger partial charge is 0.426 e. The number of benzene rings is 1. The predicted octanol–water partition coefficient (Wildman–Crippen LogP) is 3.51. The number of ether oxygens (including phenoxy) is 1. The minimum atomic E-state index is -3.62. The van der Waals surface area contributed by atoms with Crippen LogP contribution in [-0.4, -0.2) is 24.8 Å². The first-order chi connectivity index (χ1) is 10.1. The van der Waals surface area contributed by atoms with Crippen molar-refractivity contribution in [1.82, 2.24) is 0 Å². The van der Waals surface area contributed by atoms with Crippen LogP contribution in [0.15, 0.2) is 36.9 Å². The second kappa shape index (κ2) is 6.56. The average molecular weight is 310 g/mol. The zero-order chi connectivity index (χ0) is 15.5. The Morgan fingerprint density at radius 2 is 1.90 bits per heavy atom. The van der Waals surface area contributed by atoms with Crippen molar-refractivity contribution in [1.29, 1.82) is 0 Å².